The van der Waals surface area contributed by atoms with Crippen LogP contribution in [-0.2, 0) is 19.1 Å². The van der Waals surface area contributed by atoms with E-state index in [0.717, 1.165) is 6.07 Å². The fourth-order valence-corrected chi connectivity index (χ4v) is 3.08. The van der Waals surface area contributed by atoms with Crippen LogP contribution in [-0.4, -0.2) is 14.9 Å². The minimum Gasteiger partial charge on any atom is -0.385 e. The Hall–Kier alpha value is -0.810. The third kappa shape index (κ3) is 3.19. The molecule has 1 heterocycles. The molecule has 21 heavy (non-hydrogen) atoms. The summed E-state index contributed by atoms with van der Waals surface area (Å²) in [7, 11) is 1.71. The van der Waals surface area contributed by atoms with Crippen LogP contribution in [0.15, 0.2) is 12.1 Å². The number of rotatable bonds is 3. The molecule has 7 heteroatoms. The number of halogens is 4. The number of hydrogen-bond donors (Lipinski definition) is 1. The minimum absolute atomic E-state index is 0.0878. The zero-order chi connectivity index (χ0) is 15.9. The Labute approximate surface area is 137 Å². The van der Waals surface area contributed by atoms with Crippen molar-refractivity contribution in [3.05, 3.63) is 50.0 Å². The van der Waals surface area contributed by atoms with Crippen LogP contribution < -0.4 is 0 Å². The number of aryl methyl sites for hydroxylation is 2. The van der Waals surface area contributed by atoms with Gasteiger partial charge in [0.25, 0.3) is 0 Å². The van der Waals surface area contributed by atoms with Crippen LogP contribution in [0.25, 0.3) is 0 Å². The third-order valence-corrected chi connectivity index (χ3v) is 4.46. The monoisotopic (exact) mass is 350 g/mol. The summed E-state index contributed by atoms with van der Waals surface area (Å²) in [6, 6.07) is 2.42. The molecule has 0 fully saturated rings. The summed E-state index contributed by atoms with van der Waals surface area (Å²) in [6.07, 6.45) is 0.159. The predicted molar refractivity (Wildman–Crippen MR) is 82.6 cm³/mol. The molecular formula is C14H14Cl3FN2O. The molecule has 0 aliphatic rings. The average Bonchev–Trinajstić information content (AvgIpc) is 2.60. The van der Waals surface area contributed by atoms with Gasteiger partial charge in [-0.2, -0.15) is 5.10 Å². The van der Waals surface area contributed by atoms with Gasteiger partial charge in [-0.3, -0.25) is 4.68 Å². The van der Waals surface area contributed by atoms with Crippen LogP contribution >= 0.6 is 34.8 Å². The van der Waals surface area contributed by atoms with Gasteiger partial charge in [0.2, 0.25) is 0 Å². The van der Waals surface area contributed by atoms with Crippen molar-refractivity contribution < 1.29 is 9.50 Å². The first-order valence-corrected chi connectivity index (χ1v) is 7.32. The zero-order valence-corrected chi connectivity index (χ0v) is 14.0. The van der Waals surface area contributed by atoms with E-state index >= 15 is 0 Å². The molecule has 0 saturated heterocycles. The van der Waals surface area contributed by atoms with E-state index in [4.69, 9.17) is 34.8 Å². The van der Waals surface area contributed by atoms with Gasteiger partial charge in [0.15, 0.2) is 0 Å². The lowest BCUT2D eigenvalue weighted by Gasteiger charge is -2.25. The van der Waals surface area contributed by atoms with Crippen LogP contribution in [0.3, 0.4) is 0 Å². The van der Waals surface area contributed by atoms with Gasteiger partial charge in [-0.05, 0) is 26.0 Å². The lowest BCUT2D eigenvalue weighted by molar-refractivity contribution is 0.0572. The van der Waals surface area contributed by atoms with Gasteiger partial charge in [-0.15, -0.1) is 0 Å². The molecule has 0 amide bonds. The first-order valence-electron chi connectivity index (χ1n) is 6.19. The van der Waals surface area contributed by atoms with E-state index in [1.807, 2.05) is 0 Å². The van der Waals surface area contributed by atoms with E-state index in [2.05, 4.69) is 5.10 Å². The van der Waals surface area contributed by atoms with Gasteiger partial charge in [-0.25, -0.2) is 4.39 Å². The molecule has 0 saturated carbocycles. The van der Waals surface area contributed by atoms with Crippen molar-refractivity contribution >= 4 is 34.8 Å². The van der Waals surface area contributed by atoms with Crippen LogP contribution in [0.4, 0.5) is 4.39 Å². The molecule has 0 radical (unpaired) electrons. The van der Waals surface area contributed by atoms with Gasteiger partial charge >= 0.3 is 0 Å². The number of hydrogen-bond acceptors (Lipinski definition) is 2. The average molecular weight is 352 g/mol. The quantitative estimate of drug-likeness (QED) is 0.838. The molecule has 2 rings (SSSR count). The molecule has 3 nitrogen and oxygen atoms in total. The van der Waals surface area contributed by atoms with Crippen molar-refractivity contribution in [3.8, 4) is 0 Å². The highest BCUT2D eigenvalue weighted by Crippen LogP contribution is 2.36. The highest BCUT2D eigenvalue weighted by molar-refractivity contribution is 6.35. The Morgan fingerprint density at radius 1 is 1.29 bits per heavy atom. The van der Waals surface area contributed by atoms with E-state index in [0.29, 0.717) is 16.4 Å². The first-order chi connectivity index (χ1) is 9.63. The molecule has 0 spiro atoms. The van der Waals surface area contributed by atoms with E-state index in [1.165, 1.54) is 10.7 Å². The maximum Gasteiger partial charge on any atom is 0.142 e. The molecule has 1 aromatic heterocycles. The molecule has 1 unspecified atom stereocenters. The Morgan fingerprint density at radius 2 is 1.90 bits per heavy atom. The Balaban J connectivity index is 2.45. The first kappa shape index (κ1) is 16.6. The number of aromatic nitrogens is 2. The van der Waals surface area contributed by atoms with Crippen LogP contribution in [0.5, 0.6) is 0 Å². The second-order valence-electron chi connectivity index (χ2n) is 5.18. The van der Waals surface area contributed by atoms with E-state index in [1.54, 1.807) is 20.9 Å². The smallest absolute Gasteiger partial charge is 0.142 e. The summed E-state index contributed by atoms with van der Waals surface area (Å²) in [5.41, 5.74) is 0.245. The molecule has 2 aromatic rings. The SMILES string of the molecule is Cc1nn(C)c(Cl)c1CC(C)(O)c1cc(F)c(Cl)cc1Cl. The normalized spacial score (nSPS) is 14.3. The third-order valence-electron chi connectivity index (χ3n) is 3.38. The van der Waals surface area contributed by atoms with Crippen molar-refractivity contribution in [2.45, 2.75) is 25.9 Å². The zero-order valence-electron chi connectivity index (χ0n) is 11.7. The lowest BCUT2D eigenvalue weighted by atomic mass is 9.89. The lowest BCUT2D eigenvalue weighted by Crippen LogP contribution is -2.25. The van der Waals surface area contributed by atoms with Crippen LogP contribution in [0.1, 0.15) is 23.7 Å². The molecule has 1 atom stereocenters. The molecule has 114 valence electrons. The molecule has 0 aliphatic carbocycles. The van der Waals surface area contributed by atoms with Crippen molar-refractivity contribution in [1.29, 1.82) is 0 Å². The fraction of sp³-hybridized carbons (Fsp3) is 0.357. The minimum atomic E-state index is -1.40. The van der Waals surface area contributed by atoms with Crippen molar-refractivity contribution in [2.24, 2.45) is 7.05 Å². The second kappa shape index (κ2) is 5.76. The second-order valence-corrected chi connectivity index (χ2v) is 6.35. The van der Waals surface area contributed by atoms with E-state index < -0.39 is 11.4 Å². The molecular weight excluding hydrogens is 338 g/mol. The van der Waals surface area contributed by atoms with E-state index in [9.17, 15) is 9.50 Å². The number of aliphatic hydroxyl groups is 1. The van der Waals surface area contributed by atoms with Crippen molar-refractivity contribution in [2.75, 3.05) is 0 Å². The van der Waals surface area contributed by atoms with Gasteiger partial charge in [0.05, 0.1) is 16.3 Å². The summed E-state index contributed by atoms with van der Waals surface area (Å²) in [6.45, 7) is 3.34. The van der Waals surface area contributed by atoms with Crippen molar-refractivity contribution in [1.82, 2.24) is 9.78 Å². The molecule has 1 aromatic carbocycles. The van der Waals surface area contributed by atoms with E-state index in [-0.39, 0.29) is 22.0 Å². The summed E-state index contributed by atoms with van der Waals surface area (Å²) < 4.78 is 15.2. The summed E-state index contributed by atoms with van der Waals surface area (Å²) >= 11 is 17.9. The van der Waals surface area contributed by atoms with Crippen molar-refractivity contribution in [3.63, 3.8) is 0 Å². The summed E-state index contributed by atoms with van der Waals surface area (Å²) in [4.78, 5) is 0. The van der Waals surface area contributed by atoms with Gasteiger partial charge in [-0.1, -0.05) is 34.8 Å². The number of benzene rings is 1. The standard InChI is InChI=1S/C14H14Cl3FN2O/c1-7-8(13(17)20(3)19-7)6-14(2,21)9-4-12(18)11(16)5-10(9)15/h4-5,21H,6H2,1-3H3. The fourth-order valence-electron chi connectivity index (χ4n) is 2.25. The van der Waals surface area contributed by atoms with Gasteiger partial charge < -0.3 is 5.11 Å². The highest BCUT2D eigenvalue weighted by atomic mass is 35.5. The van der Waals surface area contributed by atoms with Gasteiger partial charge in [0.1, 0.15) is 11.0 Å². The molecule has 0 bridgehead atoms. The van der Waals surface area contributed by atoms with Gasteiger partial charge in [0, 0.05) is 29.6 Å². The molecule has 0 aliphatic heterocycles. The summed E-state index contributed by atoms with van der Waals surface area (Å²) in [5.74, 6) is -0.634. The van der Waals surface area contributed by atoms with Crippen LogP contribution in [0, 0.1) is 12.7 Å². The maximum absolute atomic E-state index is 13.6. The maximum atomic E-state index is 13.6. The molecule has 1 N–H and O–H groups in total. The highest BCUT2D eigenvalue weighted by Gasteiger charge is 2.30. The largest absolute Gasteiger partial charge is 0.385 e. The summed E-state index contributed by atoms with van der Waals surface area (Å²) in [5, 5.41) is 15.4. The topological polar surface area (TPSA) is 38.0 Å². The number of nitrogens with zero attached hydrogens (tertiary/aromatic N) is 2. The predicted octanol–water partition coefficient (Wildman–Crippen LogP) is 4.28. The Morgan fingerprint density at radius 3 is 2.43 bits per heavy atom. The Bertz CT molecular complexity index is 698. The van der Waals surface area contributed by atoms with Crippen LogP contribution in [0.2, 0.25) is 15.2 Å². The Kier molecular flexibility index (Phi) is 4.54.